The second-order valence-corrected chi connectivity index (χ2v) is 10.7. The lowest BCUT2D eigenvalue weighted by Crippen LogP contribution is -2.32. The molecule has 2 aromatic rings. The van der Waals surface area contributed by atoms with Gasteiger partial charge in [0.05, 0.1) is 5.56 Å². The molecule has 44 heavy (non-hydrogen) atoms. The number of hydrazone groups is 1. The largest absolute Gasteiger partial charge is 0.444 e. The maximum atomic E-state index is 12.6. The molecule has 0 saturated carbocycles. The zero-order chi connectivity index (χ0) is 32.3. The SMILES string of the molecule is C.CNCCCCCCCCNC(=O)OC(C)(C)C.N/C(=N\N(N)CC=O)c1ccccc1Nc1ccc(C(F)(F)F)cc1. The number of amides is 1. The van der Waals surface area contributed by atoms with Gasteiger partial charge in [0.25, 0.3) is 0 Å². The van der Waals surface area contributed by atoms with Crippen LogP contribution in [0.1, 0.15) is 77.8 Å². The van der Waals surface area contributed by atoms with Gasteiger partial charge in [-0.05, 0) is 83.6 Å². The molecule has 0 atom stereocenters. The fourth-order valence-corrected chi connectivity index (χ4v) is 3.66. The molecule has 2 aromatic carbocycles. The number of anilines is 2. The summed E-state index contributed by atoms with van der Waals surface area (Å²) in [5.41, 5.74) is 6.21. The lowest BCUT2D eigenvalue weighted by molar-refractivity contribution is -0.137. The topological polar surface area (TPSA) is 147 Å². The Morgan fingerprint density at radius 2 is 1.52 bits per heavy atom. The number of ether oxygens (including phenoxy) is 1. The second kappa shape index (κ2) is 21.0. The van der Waals surface area contributed by atoms with Crippen LogP contribution in [-0.2, 0) is 15.7 Å². The molecular formula is C31H50F3N7O3. The lowest BCUT2D eigenvalue weighted by atomic mass is 10.1. The fraction of sp³-hybridized carbons (Fsp3) is 0.516. The number of carbonyl (C=O) groups excluding carboxylic acids is 2. The van der Waals surface area contributed by atoms with Crippen LogP contribution >= 0.6 is 0 Å². The van der Waals surface area contributed by atoms with Gasteiger partial charge in [-0.25, -0.2) is 15.8 Å². The van der Waals surface area contributed by atoms with Gasteiger partial charge in [-0.3, -0.25) is 0 Å². The van der Waals surface area contributed by atoms with E-state index in [0.29, 0.717) is 29.8 Å². The fourth-order valence-electron chi connectivity index (χ4n) is 3.66. The molecule has 0 aliphatic rings. The minimum absolute atomic E-state index is 0. The Bertz CT molecular complexity index is 1120. The molecule has 0 aromatic heterocycles. The third kappa shape index (κ3) is 18.0. The number of para-hydroxylation sites is 1. The number of unbranched alkanes of at least 4 members (excludes halogenated alkanes) is 5. The third-order valence-electron chi connectivity index (χ3n) is 5.71. The van der Waals surface area contributed by atoms with Gasteiger partial charge in [-0.1, -0.05) is 45.2 Å². The maximum absolute atomic E-state index is 12.6. The Kier molecular flexibility index (Phi) is 19.1. The van der Waals surface area contributed by atoms with Crippen molar-refractivity contribution in [3.05, 3.63) is 59.7 Å². The zero-order valence-electron chi connectivity index (χ0n) is 25.5. The van der Waals surface area contributed by atoms with Gasteiger partial charge in [-0.2, -0.15) is 13.2 Å². The van der Waals surface area contributed by atoms with Crippen molar-refractivity contribution in [3.8, 4) is 0 Å². The molecule has 0 fully saturated rings. The van der Waals surface area contributed by atoms with Crippen LogP contribution in [0.15, 0.2) is 53.6 Å². The number of alkyl carbamates (subject to hydrolysis) is 1. The van der Waals surface area contributed by atoms with Crippen molar-refractivity contribution in [1.29, 1.82) is 0 Å². The summed E-state index contributed by atoms with van der Waals surface area (Å²) in [4.78, 5) is 21.7. The van der Waals surface area contributed by atoms with Gasteiger partial charge in [0.2, 0.25) is 0 Å². The lowest BCUT2D eigenvalue weighted by Gasteiger charge is -2.19. The normalized spacial score (nSPS) is 11.4. The predicted octanol–water partition coefficient (Wildman–Crippen LogP) is 6.15. The van der Waals surface area contributed by atoms with E-state index < -0.39 is 17.3 Å². The van der Waals surface area contributed by atoms with Gasteiger partial charge in [0.1, 0.15) is 18.4 Å². The average Bonchev–Trinajstić information content (AvgIpc) is 2.92. The second-order valence-electron chi connectivity index (χ2n) is 10.7. The van der Waals surface area contributed by atoms with Gasteiger partial charge in [-0.15, -0.1) is 5.10 Å². The number of amidine groups is 1. The molecule has 0 saturated heterocycles. The van der Waals surface area contributed by atoms with Crippen LogP contribution in [0.3, 0.4) is 0 Å². The number of hydrogen-bond donors (Lipinski definition) is 5. The third-order valence-corrected chi connectivity index (χ3v) is 5.71. The standard InChI is InChI=1S/C16H16F3N5O.C14H30N2O2.CH4/c17-16(18,19)11-5-7-12(8-6-11)22-14-4-2-1-3-13(14)15(20)23-24(21)9-10-25;1-14(2,3)18-13(17)16-12-10-8-6-5-7-9-11-15-4;/h1-8,10,22H,9,21H2,(H2,20,23);15H,5-12H2,1-4H3,(H,16,17);1H4. The molecule has 0 heterocycles. The van der Waals surface area contributed by atoms with E-state index >= 15 is 0 Å². The van der Waals surface area contributed by atoms with Crippen molar-refractivity contribution in [2.45, 2.75) is 78.5 Å². The van der Waals surface area contributed by atoms with Crippen LogP contribution in [0.25, 0.3) is 0 Å². The van der Waals surface area contributed by atoms with E-state index in [0.717, 1.165) is 30.2 Å². The van der Waals surface area contributed by atoms with Crippen molar-refractivity contribution in [3.63, 3.8) is 0 Å². The van der Waals surface area contributed by atoms with E-state index in [4.69, 9.17) is 16.3 Å². The van der Waals surface area contributed by atoms with Crippen molar-refractivity contribution in [1.82, 2.24) is 15.8 Å². The molecule has 0 aliphatic heterocycles. The quantitative estimate of drug-likeness (QED) is 0.0395. The molecule has 0 unspecified atom stereocenters. The number of halogens is 3. The van der Waals surface area contributed by atoms with E-state index in [1.165, 1.54) is 44.2 Å². The summed E-state index contributed by atoms with van der Waals surface area (Å²) in [6.45, 7) is 7.31. The van der Waals surface area contributed by atoms with Crippen molar-refractivity contribution >= 4 is 29.6 Å². The first-order valence-electron chi connectivity index (χ1n) is 14.2. The molecule has 13 heteroatoms. The smallest absolute Gasteiger partial charge is 0.416 e. The molecule has 0 radical (unpaired) electrons. The number of carbonyl (C=O) groups is 2. The number of aldehydes is 1. The summed E-state index contributed by atoms with van der Waals surface area (Å²) in [5, 5.41) is 13.7. The zero-order valence-corrected chi connectivity index (χ0v) is 25.5. The highest BCUT2D eigenvalue weighted by Gasteiger charge is 2.30. The number of nitrogens with one attached hydrogen (secondary N) is 3. The first-order chi connectivity index (χ1) is 20.3. The van der Waals surface area contributed by atoms with Gasteiger partial charge < -0.3 is 31.2 Å². The number of nitrogens with two attached hydrogens (primary N) is 2. The average molecular weight is 626 g/mol. The highest BCUT2D eigenvalue weighted by Crippen LogP contribution is 2.30. The molecular weight excluding hydrogens is 575 g/mol. The first-order valence-corrected chi connectivity index (χ1v) is 14.2. The van der Waals surface area contributed by atoms with Crippen molar-refractivity contribution in [2.75, 3.05) is 32.0 Å². The maximum Gasteiger partial charge on any atom is 0.416 e. The summed E-state index contributed by atoms with van der Waals surface area (Å²) >= 11 is 0. The van der Waals surface area contributed by atoms with Crippen LogP contribution < -0.4 is 27.5 Å². The number of alkyl halides is 3. The molecule has 1 amide bonds. The molecule has 248 valence electrons. The Balaban J connectivity index is 0.000000870. The molecule has 7 N–H and O–H groups in total. The minimum atomic E-state index is -4.39. The summed E-state index contributed by atoms with van der Waals surface area (Å²) in [7, 11) is 1.99. The Labute approximate surface area is 259 Å². The number of hydrogen-bond acceptors (Lipinski definition) is 8. The van der Waals surface area contributed by atoms with E-state index in [1.54, 1.807) is 24.3 Å². The van der Waals surface area contributed by atoms with E-state index in [-0.39, 0.29) is 25.9 Å². The van der Waals surface area contributed by atoms with Gasteiger partial charge >= 0.3 is 12.3 Å². The number of benzene rings is 2. The van der Waals surface area contributed by atoms with Crippen LogP contribution in [-0.4, -0.2) is 55.6 Å². The van der Waals surface area contributed by atoms with Gasteiger partial charge in [0, 0.05) is 23.5 Å². The van der Waals surface area contributed by atoms with E-state index in [2.05, 4.69) is 21.1 Å². The summed E-state index contributed by atoms with van der Waals surface area (Å²) in [6.07, 6.45) is 3.16. The van der Waals surface area contributed by atoms with Crippen LogP contribution in [0, 0.1) is 0 Å². The number of nitrogens with zero attached hydrogens (tertiary/aromatic N) is 2. The summed E-state index contributed by atoms with van der Waals surface area (Å²) < 4.78 is 43.0. The molecule has 10 nitrogen and oxygen atoms in total. The van der Waals surface area contributed by atoms with Gasteiger partial charge in [0.15, 0.2) is 5.84 Å². The molecule has 0 aliphatic carbocycles. The molecule has 0 bridgehead atoms. The number of hydrazine groups is 1. The van der Waals surface area contributed by atoms with E-state index in [1.807, 2.05) is 27.8 Å². The Hall–Kier alpha value is -3.84. The summed E-state index contributed by atoms with van der Waals surface area (Å²) in [6, 6.07) is 11.4. The first kappa shape index (κ1) is 40.2. The monoisotopic (exact) mass is 625 g/mol. The van der Waals surface area contributed by atoms with Crippen LogP contribution in [0.2, 0.25) is 0 Å². The van der Waals surface area contributed by atoms with Crippen molar-refractivity contribution < 1.29 is 27.5 Å². The predicted molar refractivity (Wildman–Crippen MR) is 171 cm³/mol. The Morgan fingerprint density at radius 3 is 2.07 bits per heavy atom. The van der Waals surface area contributed by atoms with Crippen molar-refractivity contribution in [2.24, 2.45) is 16.7 Å². The highest BCUT2D eigenvalue weighted by atomic mass is 19.4. The number of rotatable bonds is 15. The molecule has 0 spiro atoms. The van der Waals surface area contributed by atoms with Crippen LogP contribution in [0.4, 0.5) is 29.3 Å². The highest BCUT2D eigenvalue weighted by molar-refractivity contribution is 6.02. The van der Waals surface area contributed by atoms with Crippen LogP contribution in [0.5, 0.6) is 0 Å². The Morgan fingerprint density at radius 1 is 0.955 bits per heavy atom. The summed E-state index contributed by atoms with van der Waals surface area (Å²) in [5.74, 6) is 5.55. The minimum Gasteiger partial charge on any atom is -0.444 e. The van der Waals surface area contributed by atoms with E-state index in [9.17, 15) is 22.8 Å². The molecule has 2 rings (SSSR count).